The van der Waals surface area contributed by atoms with E-state index in [9.17, 15) is 8.42 Å². The van der Waals surface area contributed by atoms with Crippen LogP contribution in [0.5, 0.6) is 0 Å². The first kappa shape index (κ1) is 11.7. The Morgan fingerprint density at radius 1 is 1.73 bits per heavy atom. The first-order valence-electron chi connectivity index (χ1n) is 4.26. The lowest BCUT2D eigenvalue weighted by atomic mass is 10.4. The minimum Gasteiger partial charge on any atom is -0.388 e. The zero-order chi connectivity index (χ0) is 11.5. The van der Waals surface area contributed by atoms with Crippen molar-refractivity contribution in [1.29, 1.82) is 5.41 Å². The summed E-state index contributed by atoms with van der Waals surface area (Å²) in [6.45, 7) is 1.77. The Morgan fingerprint density at radius 2 is 2.40 bits per heavy atom. The maximum atomic E-state index is 11.5. The van der Waals surface area contributed by atoms with Gasteiger partial charge in [-0.2, -0.15) is 0 Å². The highest BCUT2D eigenvalue weighted by Gasteiger charge is 2.15. The molecule has 0 aliphatic heterocycles. The van der Waals surface area contributed by atoms with Crippen LogP contribution in [0.25, 0.3) is 0 Å². The van der Waals surface area contributed by atoms with E-state index < -0.39 is 10.0 Å². The van der Waals surface area contributed by atoms with Crippen molar-refractivity contribution in [3.05, 3.63) is 12.0 Å². The number of rotatable bonds is 5. The topological polar surface area (TPSA) is 125 Å². The second-order valence-corrected chi connectivity index (χ2v) is 4.74. The third-order valence-corrected chi connectivity index (χ3v) is 3.03. The highest BCUT2D eigenvalue weighted by atomic mass is 32.2. The van der Waals surface area contributed by atoms with Crippen LogP contribution in [0.2, 0.25) is 0 Å². The molecule has 0 spiro atoms. The van der Waals surface area contributed by atoms with Crippen LogP contribution >= 0.6 is 0 Å². The Hall–Kier alpha value is -1.41. The van der Waals surface area contributed by atoms with Crippen molar-refractivity contribution in [3.63, 3.8) is 0 Å². The van der Waals surface area contributed by atoms with Crippen molar-refractivity contribution in [3.8, 4) is 0 Å². The summed E-state index contributed by atoms with van der Waals surface area (Å²) in [7, 11) is -3.56. The molecule has 0 unspecified atom stereocenters. The fourth-order valence-electron chi connectivity index (χ4n) is 0.933. The number of sulfonamides is 1. The lowest BCUT2D eigenvalue weighted by Gasteiger charge is -2.03. The average molecular weight is 231 g/mol. The summed E-state index contributed by atoms with van der Waals surface area (Å²) in [6.07, 6.45) is 1.43. The van der Waals surface area contributed by atoms with Gasteiger partial charge in [0, 0.05) is 13.0 Å². The third-order valence-electron chi connectivity index (χ3n) is 1.66. The monoisotopic (exact) mass is 231 g/mol. The zero-order valence-electron chi connectivity index (χ0n) is 8.24. The molecule has 0 radical (unpaired) electrons. The molecular weight excluding hydrogens is 218 g/mol. The first-order valence-corrected chi connectivity index (χ1v) is 5.74. The molecule has 0 atom stereocenters. The van der Waals surface area contributed by atoms with Gasteiger partial charge in [0.05, 0.1) is 12.0 Å². The van der Waals surface area contributed by atoms with Crippen molar-refractivity contribution in [2.75, 3.05) is 6.54 Å². The fourth-order valence-corrected chi connectivity index (χ4v) is 1.93. The normalized spacial score (nSPS) is 11.5. The molecule has 0 aromatic carbocycles. The molecule has 0 aliphatic rings. The molecule has 1 rings (SSSR count). The molecule has 5 N–H and O–H groups in total. The van der Waals surface area contributed by atoms with E-state index in [1.165, 1.54) is 6.20 Å². The number of nitrogens with two attached hydrogens (primary N) is 1. The molecule has 1 heterocycles. The molecule has 0 aliphatic carbocycles. The quantitative estimate of drug-likeness (QED) is 0.396. The van der Waals surface area contributed by atoms with Gasteiger partial charge in [0.25, 0.3) is 10.0 Å². The maximum Gasteiger partial charge on any atom is 0.257 e. The highest BCUT2D eigenvalue weighted by molar-refractivity contribution is 7.89. The molecule has 0 bridgehead atoms. The van der Waals surface area contributed by atoms with E-state index in [0.29, 0.717) is 5.82 Å². The van der Waals surface area contributed by atoms with E-state index in [2.05, 4.69) is 14.7 Å². The van der Waals surface area contributed by atoms with Crippen LogP contribution in [-0.4, -0.2) is 30.8 Å². The van der Waals surface area contributed by atoms with E-state index in [1.807, 2.05) is 0 Å². The summed E-state index contributed by atoms with van der Waals surface area (Å²) in [5.74, 6) is 0.473. The molecule has 1 aromatic rings. The summed E-state index contributed by atoms with van der Waals surface area (Å²) >= 11 is 0. The number of amidine groups is 1. The Bertz CT molecular complexity index is 450. The lowest BCUT2D eigenvalue weighted by Crippen LogP contribution is -2.28. The van der Waals surface area contributed by atoms with Crippen molar-refractivity contribution in [2.45, 2.75) is 18.4 Å². The fraction of sp³-hybridized carbons (Fsp3) is 0.429. The van der Waals surface area contributed by atoms with Crippen LogP contribution < -0.4 is 10.5 Å². The average Bonchev–Trinajstić information content (AvgIpc) is 2.51. The Balaban J connectivity index is 2.64. The number of aromatic nitrogens is 2. The number of hydrogen-bond donors (Lipinski definition) is 4. The number of aromatic amines is 1. The van der Waals surface area contributed by atoms with Crippen LogP contribution in [0.4, 0.5) is 0 Å². The van der Waals surface area contributed by atoms with Gasteiger partial charge >= 0.3 is 0 Å². The second kappa shape index (κ2) is 4.41. The number of hydrogen-bond acceptors (Lipinski definition) is 4. The van der Waals surface area contributed by atoms with Crippen LogP contribution in [0.3, 0.4) is 0 Å². The van der Waals surface area contributed by atoms with Gasteiger partial charge in [-0.25, -0.2) is 18.1 Å². The van der Waals surface area contributed by atoms with Crippen LogP contribution in [-0.2, 0) is 10.0 Å². The van der Waals surface area contributed by atoms with Gasteiger partial charge in [0.1, 0.15) is 5.82 Å². The van der Waals surface area contributed by atoms with Crippen LogP contribution in [0, 0.1) is 12.3 Å². The Kier molecular flexibility index (Phi) is 3.43. The van der Waals surface area contributed by atoms with Crippen molar-refractivity contribution in [1.82, 2.24) is 14.7 Å². The predicted octanol–water partition coefficient (Wildman–Crippen LogP) is -0.678. The number of aryl methyl sites for hydroxylation is 1. The van der Waals surface area contributed by atoms with E-state index in [0.717, 1.165) is 0 Å². The SMILES string of the molecule is Cc1ncc(S(=O)(=O)NCCC(=N)N)[nH]1. The minimum atomic E-state index is -3.56. The zero-order valence-corrected chi connectivity index (χ0v) is 9.06. The van der Waals surface area contributed by atoms with Crippen LogP contribution in [0.1, 0.15) is 12.2 Å². The highest BCUT2D eigenvalue weighted by Crippen LogP contribution is 2.04. The van der Waals surface area contributed by atoms with Crippen LogP contribution in [0.15, 0.2) is 11.2 Å². The van der Waals surface area contributed by atoms with E-state index in [1.54, 1.807) is 6.92 Å². The molecular formula is C7H13N5O2S. The molecule has 8 heteroatoms. The maximum absolute atomic E-state index is 11.5. The molecule has 84 valence electrons. The molecule has 15 heavy (non-hydrogen) atoms. The summed E-state index contributed by atoms with van der Waals surface area (Å²) in [5.41, 5.74) is 5.09. The van der Waals surface area contributed by atoms with Gasteiger partial charge in [-0.3, -0.25) is 5.41 Å². The largest absolute Gasteiger partial charge is 0.388 e. The van der Waals surface area contributed by atoms with Gasteiger partial charge in [-0.05, 0) is 6.92 Å². The Labute approximate surface area is 87.7 Å². The lowest BCUT2D eigenvalue weighted by molar-refractivity contribution is 0.579. The van der Waals surface area contributed by atoms with Gasteiger partial charge in [0.2, 0.25) is 0 Å². The van der Waals surface area contributed by atoms with Crippen molar-refractivity contribution in [2.24, 2.45) is 5.73 Å². The summed E-state index contributed by atoms with van der Waals surface area (Å²) in [5, 5.41) is 6.95. The third kappa shape index (κ3) is 3.33. The number of imidazole rings is 1. The first-order chi connectivity index (χ1) is 6.92. The molecule has 7 nitrogen and oxygen atoms in total. The summed E-state index contributed by atoms with van der Waals surface area (Å²) in [4.78, 5) is 6.39. The van der Waals surface area contributed by atoms with E-state index >= 15 is 0 Å². The van der Waals surface area contributed by atoms with Gasteiger partial charge in [-0.1, -0.05) is 0 Å². The standard InChI is InChI=1S/C7H13N5O2S/c1-5-10-4-7(12-5)15(13,14)11-3-2-6(8)9/h4,11H,2-3H2,1H3,(H3,8,9)(H,10,12). The Morgan fingerprint density at radius 3 is 2.87 bits per heavy atom. The second-order valence-electron chi connectivity index (χ2n) is 3.01. The minimum absolute atomic E-state index is 0.0172. The van der Waals surface area contributed by atoms with E-state index in [-0.39, 0.29) is 23.8 Å². The molecule has 0 saturated carbocycles. The summed E-state index contributed by atoms with van der Waals surface area (Å²) in [6, 6.07) is 0. The predicted molar refractivity (Wildman–Crippen MR) is 55.0 cm³/mol. The molecule has 0 fully saturated rings. The van der Waals surface area contributed by atoms with Crippen molar-refractivity contribution < 1.29 is 8.42 Å². The molecule has 1 aromatic heterocycles. The summed E-state index contributed by atoms with van der Waals surface area (Å²) < 4.78 is 25.4. The smallest absolute Gasteiger partial charge is 0.257 e. The number of nitrogens with one attached hydrogen (secondary N) is 3. The number of H-pyrrole nitrogens is 1. The number of nitrogens with zero attached hydrogens (tertiary/aromatic N) is 1. The molecule has 0 amide bonds. The van der Waals surface area contributed by atoms with E-state index in [4.69, 9.17) is 11.1 Å². The molecule has 0 saturated heterocycles. The van der Waals surface area contributed by atoms with Gasteiger partial charge in [0.15, 0.2) is 5.03 Å². The van der Waals surface area contributed by atoms with Gasteiger partial charge < -0.3 is 10.7 Å². The van der Waals surface area contributed by atoms with Gasteiger partial charge in [-0.15, -0.1) is 0 Å². The van der Waals surface area contributed by atoms with Crippen molar-refractivity contribution >= 4 is 15.9 Å².